The summed E-state index contributed by atoms with van der Waals surface area (Å²) in [6.45, 7) is 3.10. The van der Waals surface area contributed by atoms with E-state index in [0.717, 1.165) is 53.1 Å². The molecule has 1 aliphatic heterocycles. The van der Waals surface area contributed by atoms with E-state index in [1.54, 1.807) is 17.7 Å². The Balaban J connectivity index is 1.35. The Hall–Kier alpha value is -1.99. The Bertz CT molecular complexity index is 921. The van der Waals surface area contributed by atoms with Gasteiger partial charge in [-0.25, -0.2) is 9.97 Å². The molecular weight excluding hydrogens is 412 g/mol. The Morgan fingerprint density at radius 2 is 1.92 bits per heavy atom. The first kappa shape index (κ1) is 17.4. The average molecular weight is 431 g/mol. The van der Waals surface area contributed by atoms with Crippen LogP contribution in [0, 0.1) is 0 Å². The fourth-order valence-electron chi connectivity index (χ4n) is 3.30. The number of halogens is 1. The molecule has 1 amide bonds. The third kappa shape index (κ3) is 3.59. The van der Waals surface area contributed by atoms with Crippen molar-refractivity contribution >= 4 is 49.2 Å². The van der Waals surface area contributed by atoms with Crippen LogP contribution in [-0.4, -0.2) is 47.0 Å². The molecule has 1 fully saturated rings. The Kier molecular flexibility index (Phi) is 5.17. The van der Waals surface area contributed by atoms with Crippen molar-refractivity contribution in [3.63, 3.8) is 0 Å². The third-order valence-corrected chi connectivity index (χ3v) is 6.33. The van der Waals surface area contributed by atoms with Crippen molar-refractivity contribution < 1.29 is 4.79 Å². The van der Waals surface area contributed by atoms with E-state index in [2.05, 4.69) is 42.9 Å². The van der Waals surface area contributed by atoms with Gasteiger partial charge in [-0.05, 0) is 29.5 Å². The van der Waals surface area contributed by atoms with Gasteiger partial charge in [-0.2, -0.15) is 0 Å². The normalized spacial score (nSPS) is 14.8. The summed E-state index contributed by atoms with van der Waals surface area (Å²) in [5, 5.41) is 3.15. The van der Waals surface area contributed by atoms with E-state index >= 15 is 0 Å². The monoisotopic (exact) mass is 430 g/mol. The van der Waals surface area contributed by atoms with Crippen molar-refractivity contribution in [3.8, 4) is 0 Å². The van der Waals surface area contributed by atoms with E-state index in [1.807, 2.05) is 28.5 Å². The van der Waals surface area contributed by atoms with Crippen LogP contribution in [-0.2, 0) is 11.2 Å². The molecule has 0 bridgehead atoms. The number of carbonyl (C=O) groups excluding carboxylic acids is 1. The number of nitrogens with zero attached hydrogens (tertiary/aromatic N) is 4. The number of fused-ring (bicyclic) bond motifs is 1. The molecule has 0 unspecified atom stereocenters. The molecule has 0 saturated carbocycles. The second-order valence-electron chi connectivity index (χ2n) is 6.30. The molecule has 26 heavy (non-hydrogen) atoms. The highest BCUT2D eigenvalue weighted by molar-refractivity contribution is 9.10. The molecular formula is C19H19BrN4OS. The van der Waals surface area contributed by atoms with E-state index in [0.29, 0.717) is 6.42 Å². The van der Waals surface area contributed by atoms with Gasteiger partial charge in [0.25, 0.3) is 0 Å². The number of amides is 1. The van der Waals surface area contributed by atoms with E-state index in [9.17, 15) is 4.79 Å². The predicted octanol–water partition coefficient (Wildman–Crippen LogP) is 3.74. The number of benzene rings is 1. The first-order chi connectivity index (χ1) is 12.7. The molecule has 7 heteroatoms. The van der Waals surface area contributed by atoms with Crippen LogP contribution in [0.5, 0.6) is 0 Å². The Morgan fingerprint density at radius 3 is 2.73 bits per heavy atom. The number of thiophene rings is 1. The molecule has 1 saturated heterocycles. The lowest BCUT2D eigenvalue weighted by Crippen LogP contribution is -2.49. The topological polar surface area (TPSA) is 49.3 Å². The van der Waals surface area contributed by atoms with Crippen molar-refractivity contribution in [2.24, 2.45) is 0 Å². The largest absolute Gasteiger partial charge is 0.352 e. The maximum Gasteiger partial charge on any atom is 0.223 e. The molecule has 0 radical (unpaired) electrons. The highest BCUT2D eigenvalue weighted by Gasteiger charge is 2.23. The fraction of sp³-hybridized carbons (Fsp3) is 0.316. The van der Waals surface area contributed by atoms with Gasteiger partial charge in [0, 0.05) is 37.1 Å². The summed E-state index contributed by atoms with van der Waals surface area (Å²) < 4.78 is 1.07. The van der Waals surface area contributed by atoms with E-state index < -0.39 is 0 Å². The molecule has 5 nitrogen and oxygen atoms in total. The zero-order valence-electron chi connectivity index (χ0n) is 14.3. The van der Waals surface area contributed by atoms with Gasteiger partial charge in [0.1, 0.15) is 17.0 Å². The van der Waals surface area contributed by atoms with Crippen molar-refractivity contribution in [3.05, 3.63) is 52.1 Å². The molecule has 134 valence electrons. The Morgan fingerprint density at radius 1 is 1.12 bits per heavy atom. The molecule has 3 aromatic rings. The van der Waals surface area contributed by atoms with Crippen LogP contribution in [0.1, 0.15) is 12.0 Å². The number of rotatable bonds is 4. The minimum absolute atomic E-state index is 0.226. The lowest BCUT2D eigenvalue weighted by atomic mass is 10.1. The van der Waals surface area contributed by atoms with Gasteiger partial charge in [-0.1, -0.05) is 34.1 Å². The number of carbonyl (C=O) groups is 1. The second kappa shape index (κ2) is 7.72. The zero-order chi connectivity index (χ0) is 17.9. The summed E-state index contributed by atoms with van der Waals surface area (Å²) >= 11 is 5.18. The van der Waals surface area contributed by atoms with Gasteiger partial charge in [0.15, 0.2) is 0 Å². The predicted molar refractivity (Wildman–Crippen MR) is 109 cm³/mol. The molecule has 1 aliphatic rings. The van der Waals surface area contributed by atoms with E-state index in [-0.39, 0.29) is 5.91 Å². The number of aryl methyl sites for hydroxylation is 1. The SMILES string of the molecule is O=C(CCc1ccccc1Br)N1CCN(c2ncnc3sccc23)CC1. The van der Waals surface area contributed by atoms with Gasteiger partial charge >= 0.3 is 0 Å². The summed E-state index contributed by atoms with van der Waals surface area (Å²) in [5.74, 6) is 1.21. The van der Waals surface area contributed by atoms with Crippen molar-refractivity contribution in [1.29, 1.82) is 0 Å². The maximum atomic E-state index is 12.6. The minimum atomic E-state index is 0.226. The summed E-state index contributed by atoms with van der Waals surface area (Å²) in [6, 6.07) is 10.2. The lowest BCUT2D eigenvalue weighted by Gasteiger charge is -2.35. The molecule has 0 atom stereocenters. The lowest BCUT2D eigenvalue weighted by molar-refractivity contribution is -0.131. The van der Waals surface area contributed by atoms with Crippen LogP contribution in [0.25, 0.3) is 10.2 Å². The third-order valence-electron chi connectivity index (χ3n) is 4.74. The quantitative estimate of drug-likeness (QED) is 0.632. The van der Waals surface area contributed by atoms with Gasteiger partial charge in [0.2, 0.25) is 5.91 Å². The highest BCUT2D eigenvalue weighted by Crippen LogP contribution is 2.27. The van der Waals surface area contributed by atoms with Crippen LogP contribution in [0.3, 0.4) is 0 Å². The maximum absolute atomic E-state index is 12.6. The van der Waals surface area contributed by atoms with Crippen LogP contribution >= 0.6 is 27.3 Å². The number of anilines is 1. The smallest absolute Gasteiger partial charge is 0.223 e. The molecule has 0 N–H and O–H groups in total. The first-order valence-corrected chi connectivity index (χ1v) is 10.3. The summed E-state index contributed by atoms with van der Waals surface area (Å²) in [7, 11) is 0. The van der Waals surface area contributed by atoms with E-state index in [4.69, 9.17) is 0 Å². The van der Waals surface area contributed by atoms with Gasteiger partial charge < -0.3 is 9.80 Å². The fourth-order valence-corrected chi connectivity index (χ4v) is 4.51. The van der Waals surface area contributed by atoms with Crippen molar-refractivity contribution in [1.82, 2.24) is 14.9 Å². The average Bonchev–Trinajstić information content (AvgIpc) is 3.16. The van der Waals surface area contributed by atoms with Gasteiger partial charge in [0.05, 0.1) is 5.39 Å². The number of hydrogen-bond acceptors (Lipinski definition) is 5. The minimum Gasteiger partial charge on any atom is -0.352 e. The van der Waals surface area contributed by atoms with Crippen LogP contribution < -0.4 is 4.90 Å². The highest BCUT2D eigenvalue weighted by atomic mass is 79.9. The molecule has 2 aromatic heterocycles. The summed E-state index contributed by atoms with van der Waals surface area (Å²) in [5.41, 5.74) is 1.18. The summed E-state index contributed by atoms with van der Waals surface area (Å²) in [4.78, 5) is 26.6. The first-order valence-electron chi connectivity index (χ1n) is 8.67. The molecule has 0 aliphatic carbocycles. The van der Waals surface area contributed by atoms with Crippen LogP contribution in [0.2, 0.25) is 0 Å². The van der Waals surface area contributed by atoms with Crippen molar-refractivity contribution in [2.45, 2.75) is 12.8 Å². The molecule has 4 rings (SSSR count). The molecule has 0 spiro atoms. The van der Waals surface area contributed by atoms with Gasteiger partial charge in [-0.15, -0.1) is 11.3 Å². The molecule has 3 heterocycles. The van der Waals surface area contributed by atoms with Crippen LogP contribution in [0.15, 0.2) is 46.5 Å². The number of piperazine rings is 1. The second-order valence-corrected chi connectivity index (χ2v) is 8.04. The van der Waals surface area contributed by atoms with Crippen LogP contribution in [0.4, 0.5) is 5.82 Å². The zero-order valence-corrected chi connectivity index (χ0v) is 16.7. The van der Waals surface area contributed by atoms with E-state index in [1.165, 1.54) is 5.56 Å². The number of hydrogen-bond donors (Lipinski definition) is 0. The molecule has 1 aromatic carbocycles. The number of aromatic nitrogens is 2. The van der Waals surface area contributed by atoms with Gasteiger partial charge in [-0.3, -0.25) is 4.79 Å². The van der Waals surface area contributed by atoms with Crippen molar-refractivity contribution in [2.75, 3.05) is 31.1 Å². The standard InChI is InChI=1S/C19H19BrN4OS/c20-16-4-2-1-3-14(16)5-6-17(25)23-8-10-24(11-9-23)18-15-7-12-26-19(15)22-13-21-18/h1-4,7,12-13H,5-6,8-11H2. The Labute approximate surface area is 164 Å². The summed E-state index contributed by atoms with van der Waals surface area (Å²) in [6.07, 6.45) is 2.94.